The first-order valence-corrected chi connectivity index (χ1v) is 7.67. The maximum atomic E-state index is 12.1. The fraction of sp³-hybridized carbons (Fsp3) is 0.333. The molecule has 128 valence electrons. The number of carbonyl (C=O) groups excluding carboxylic acids is 1. The first-order chi connectivity index (χ1) is 11.5. The minimum atomic E-state index is -0.131. The van der Waals surface area contributed by atoms with Gasteiger partial charge in [0.2, 0.25) is 0 Å². The minimum absolute atomic E-state index is 0.131. The normalized spacial score (nSPS) is 10.2. The van der Waals surface area contributed by atoms with Gasteiger partial charge < -0.3 is 19.7 Å². The van der Waals surface area contributed by atoms with E-state index in [9.17, 15) is 4.79 Å². The van der Waals surface area contributed by atoms with Crippen molar-refractivity contribution in [2.45, 2.75) is 6.42 Å². The summed E-state index contributed by atoms with van der Waals surface area (Å²) in [5.74, 6) is 2.06. The van der Waals surface area contributed by atoms with E-state index in [1.165, 1.54) is 0 Å². The Morgan fingerprint density at radius 2 is 1.88 bits per heavy atom. The number of hydrogen-bond donors (Lipinski definition) is 1. The van der Waals surface area contributed by atoms with Gasteiger partial charge in [-0.25, -0.2) is 4.98 Å². The van der Waals surface area contributed by atoms with Gasteiger partial charge >= 0.3 is 0 Å². The zero-order valence-electron chi connectivity index (χ0n) is 14.5. The second kappa shape index (κ2) is 8.19. The highest BCUT2D eigenvalue weighted by Crippen LogP contribution is 2.27. The number of amides is 1. The van der Waals surface area contributed by atoms with E-state index in [0.29, 0.717) is 30.0 Å². The van der Waals surface area contributed by atoms with Crippen LogP contribution in [0.25, 0.3) is 0 Å². The van der Waals surface area contributed by atoms with Gasteiger partial charge in [0, 0.05) is 26.8 Å². The van der Waals surface area contributed by atoms with Crippen LogP contribution >= 0.6 is 0 Å². The van der Waals surface area contributed by atoms with Crippen molar-refractivity contribution in [3.05, 3.63) is 47.7 Å². The zero-order valence-corrected chi connectivity index (χ0v) is 14.5. The zero-order chi connectivity index (χ0) is 17.5. The van der Waals surface area contributed by atoms with Crippen LogP contribution in [0, 0.1) is 0 Å². The van der Waals surface area contributed by atoms with E-state index in [-0.39, 0.29) is 5.91 Å². The fourth-order valence-electron chi connectivity index (χ4n) is 2.24. The van der Waals surface area contributed by atoms with E-state index in [4.69, 9.17) is 9.47 Å². The SMILES string of the molecule is COc1ccc(CCNC(=O)c2ccc(N(C)C)nc2)cc1OC. The molecule has 1 heterocycles. The lowest BCUT2D eigenvalue weighted by molar-refractivity contribution is 0.0954. The number of nitrogens with one attached hydrogen (secondary N) is 1. The predicted molar refractivity (Wildman–Crippen MR) is 94.1 cm³/mol. The Morgan fingerprint density at radius 1 is 1.12 bits per heavy atom. The molecule has 0 radical (unpaired) electrons. The smallest absolute Gasteiger partial charge is 0.252 e. The monoisotopic (exact) mass is 329 g/mol. The van der Waals surface area contributed by atoms with Crippen molar-refractivity contribution in [1.29, 1.82) is 0 Å². The van der Waals surface area contributed by atoms with Crippen LogP contribution in [0.1, 0.15) is 15.9 Å². The van der Waals surface area contributed by atoms with Gasteiger partial charge in [-0.2, -0.15) is 0 Å². The average Bonchev–Trinajstić information content (AvgIpc) is 2.61. The molecule has 0 fully saturated rings. The minimum Gasteiger partial charge on any atom is -0.493 e. The lowest BCUT2D eigenvalue weighted by atomic mass is 10.1. The third-order valence-corrected chi connectivity index (χ3v) is 3.62. The molecule has 0 unspecified atom stereocenters. The van der Waals surface area contributed by atoms with Gasteiger partial charge in [-0.15, -0.1) is 0 Å². The Labute approximate surface area is 142 Å². The van der Waals surface area contributed by atoms with Crippen molar-refractivity contribution in [3.63, 3.8) is 0 Å². The summed E-state index contributed by atoms with van der Waals surface area (Å²) in [6, 6.07) is 9.33. The van der Waals surface area contributed by atoms with E-state index in [1.54, 1.807) is 26.5 Å². The van der Waals surface area contributed by atoms with E-state index in [1.807, 2.05) is 43.3 Å². The summed E-state index contributed by atoms with van der Waals surface area (Å²) in [5.41, 5.74) is 1.61. The summed E-state index contributed by atoms with van der Waals surface area (Å²) in [7, 11) is 7.03. The van der Waals surface area contributed by atoms with Crippen molar-refractivity contribution in [3.8, 4) is 11.5 Å². The third-order valence-electron chi connectivity index (χ3n) is 3.62. The standard InChI is InChI=1S/C18H23N3O3/c1-21(2)17-8-6-14(12-20-17)18(22)19-10-9-13-5-7-15(23-3)16(11-13)24-4/h5-8,11-12H,9-10H2,1-4H3,(H,19,22). The summed E-state index contributed by atoms with van der Waals surface area (Å²) in [6.07, 6.45) is 2.29. The Morgan fingerprint density at radius 3 is 2.46 bits per heavy atom. The van der Waals surface area contributed by atoms with Crippen LogP contribution < -0.4 is 19.7 Å². The molecule has 0 bridgehead atoms. The van der Waals surface area contributed by atoms with Crippen LogP contribution in [0.15, 0.2) is 36.5 Å². The molecule has 2 aromatic rings. The van der Waals surface area contributed by atoms with Gasteiger partial charge in [-0.05, 0) is 36.2 Å². The average molecular weight is 329 g/mol. The van der Waals surface area contributed by atoms with Gasteiger partial charge in [0.1, 0.15) is 5.82 Å². The van der Waals surface area contributed by atoms with Crippen molar-refractivity contribution >= 4 is 11.7 Å². The highest BCUT2D eigenvalue weighted by molar-refractivity contribution is 5.94. The highest BCUT2D eigenvalue weighted by Gasteiger charge is 2.08. The number of carbonyl (C=O) groups is 1. The molecular formula is C18H23N3O3. The quantitative estimate of drug-likeness (QED) is 0.843. The van der Waals surface area contributed by atoms with Crippen molar-refractivity contribution in [2.75, 3.05) is 39.8 Å². The van der Waals surface area contributed by atoms with E-state index < -0.39 is 0 Å². The van der Waals surface area contributed by atoms with Crippen molar-refractivity contribution in [2.24, 2.45) is 0 Å². The molecular weight excluding hydrogens is 306 g/mol. The molecule has 1 aromatic heterocycles. The van der Waals surface area contributed by atoms with Crippen molar-refractivity contribution < 1.29 is 14.3 Å². The summed E-state index contributed by atoms with van der Waals surface area (Å²) in [4.78, 5) is 18.3. The molecule has 2 rings (SSSR count). The number of methoxy groups -OCH3 is 2. The Balaban J connectivity index is 1.90. The maximum absolute atomic E-state index is 12.1. The van der Waals surface area contributed by atoms with Gasteiger partial charge in [0.25, 0.3) is 5.91 Å². The molecule has 1 aromatic carbocycles. The molecule has 0 atom stereocenters. The lowest BCUT2D eigenvalue weighted by Gasteiger charge is -2.12. The first kappa shape index (κ1) is 17.6. The van der Waals surface area contributed by atoms with Crippen LogP contribution in [-0.2, 0) is 6.42 Å². The summed E-state index contributed by atoms with van der Waals surface area (Å²) >= 11 is 0. The van der Waals surface area contributed by atoms with Gasteiger partial charge in [-0.1, -0.05) is 6.07 Å². The molecule has 0 aliphatic carbocycles. The molecule has 0 spiro atoms. The number of benzene rings is 1. The topological polar surface area (TPSA) is 63.7 Å². The number of hydrogen-bond acceptors (Lipinski definition) is 5. The van der Waals surface area contributed by atoms with Crippen LogP contribution in [-0.4, -0.2) is 45.8 Å². The van der Waals surface area contributed by atoms with E-state index >= 15 is 0 Å². The molecule has 0 aliphatic rings. The predicted octanol–water partition coefficient (Wildman–Crippen LogP) is 2.14. The van der Waals surface area contributed by atoms with Crippen molar-refractivity contribution in [1.82, 2.24) is 10.3 Å². The number of nitrogens with zero attached hydrogens (tertiary/aromatic N) is 2. The van der Waals surface area contributed by atoms with E-state index in [2.05, 4.69) is 10.3 Å². The summed E-state index contributed by atoms with van der Waals surface area (Å²) < 4.78 is 10.5. The Hall–Kier alpha value is -2.76. The van der Waals surface area contributed by atoms with Crippen LogP contribution in [0.3, 0.4) is 0 Å². The molecule has 24 heavy (non-hydrogen) atoms. The van der Waals surface area contributed by atoms with Crippen LogP contribution in [0.5, 0.6) is 11.5 Å². The third kappa shape index (κ3) is 4.38. The number of aromatic nitrogens is 1. The fourth-order valence-corrected chi connectivity index (χ4v) is 2.24. The second-order valence-corrected chi connectivity index (χ2v) is 5.49. The maximum Gasteiger partial charge on any atom is 0.252 e. The molecule has 6 heteroatoms. The summed E-state index contributed by atoms with van der Waals surface area (Å²) in [6.45, 7) is 0.531. The highest BCUT2D eigenvalue weighted by atomic mass is 16.5. The Kier molecular flexibility index (Phi) is 6.01. The second-order valence-electron chi connectivity index (χ2n) is 5.49. The number of pyridine rings is 1. The molecule has 1 N–H and O–H groups in total. The summed E-state index contributed by atoms with van der Waals surface area (Å²) in [5, 5.41) is 2.90. The number of anilines is 1. The van der Waals surface area contributed by atoms with Crippen LogP contribution in [0.2, 0.25) is 0 Å². The molecule has 0 saturated carbocycles. The van der Waals surface area contributed by atoms with Gasteiger partial charge in [-0.3, -0.25) is 4.79 Å². The largest absolute Gasteiger partial charge is 0.493 e. The molecule has 6 nitrogen and oxygen atoms in total. The molecule has 0 saturated heterocycles. The number of ether oxygens (including phenoxy) is 2. The number of rotatable bonds is 7. The van der Waals surface area contributed by atoms with Crippen LogP contribution in [0.4, 0.5) is 5.82 Å². The molecule has 0 aliphatic heterocycles. The Bertz CT molecular complexity index is 684. The first-order valence-electron chi connectivity index (χ1n) is 7.67. The van der Waals surface area contributed by atoms with Gasteiger partial charge in [0.15, 0.2) is 11.5 Å². The molecule has 1 amide bonds. The lowest BCUT2D eigenvalue weighted by Crippen LogP contribution is -2.26. The van der Waals surface area contributed by atoms with Gasteiger partial charge in [0.05, 0.1) is 19.8 Å². The van der Waals surface area contributed by atoms with E-state index in [0.717, 1.165) is 11.4 Å².